The third-order valence-corrected chi connectivity index (χ3v) is 15.4. The maximum Gasteiger partial charge on any atom is 0.190 e. The highest BCUT2D eigenvalue weighted by Crippen LogP contribution is 2.79. The van der Waals surface area contributed by atoms with Crippen molar-refractivity contribution in [2.45, 2.75) is 132 Å². The molecule has 0 aromatic carbocycles. The third kappa shape index (κ3) is 3.05. The second-order valence-electron chi connectivity index (χ2n) is 12.3. The molecule has 6 atom stereocenters. The summed E-state index contributed by atoms with van der Waals surface area (Å²) in [4.78, 5) is 0. The van der Waals surface area contributed by atoms with E-state index >= 15 is 0 Å². The van der Waals surface area contributed by atoms with Crippen molar-refractivity contribution in [1.29, 1.82) is 0 Å². The zero-order valence-corrected chi connectivity index (χ0v) is 22.1. The fourth-order valence-corrected chi connectivity index (χ4v) is 16.9. The minimum Gasteiger partial charge on any atom is -0.319 e. The highest BCUT2D eigenvalue weighted by Gasteiger charge is 2.72. The molecule has 176 valence electrons. The molecule has 8 heterocycles. The lowest BCUT2D eigenvalue weighted by molar-refractivity contribution is -0.501. The molecule has 8 saturated heterocycles. The van der Waals surface area contributed by atoms with Gasteiger partial charge in [0.1, 0.15) is 0 Å². The van der Waals surface area contributed by atoms with Crippen LogP contribution >= 0.6 is 15.8 Å². The normalized spacial score (nSPS) is 66.2. The van der Waals surface area contributed by atoms with Gasteiger partial charge in [-0.15, -0.1) is 0 Å². The molecule has 0 radical (unpaired) electrons. The fraction of sp³-hybridized carbons (Fsp3) is 1.00. The molecule has 8 aliphatic rings. The summed E-state index contributed by atoms with van der Waals surface area (Å²) in [5, 5.41) is 0.463. The molecular formula is C23H38O6P2. The van der Waals surface area contributed by atoms with Crippen LogP contribution in [-0.4, -0.2) is 56.8 Å². The van der Waals surface area contributed by atoms with Crippen molar-refractivity contribution in [3.8, 4) is 0 Å². The molecular weight excluding hydrogens is 434 g/mol. The lowest BCUT2D eigenvalue weighted by Crippen LogP contribution is -2.72. The first kappa shape index (κ1) is 22.1. The van der Waals surface area contributed by atoms with E-state index in [2.05, 4.69) is 55.4 Å². The van der Waals surface area contributed by atoms with E-state index in [4.69, 9.17) is 28.4 Å². The summed E-state index contributed by atoms with van der Waals surface area (Å²) in [5.41, 5.74) is -1.04. The van der Waals surface area contributed by atoms with Gasteiger partial charge in [-0.2, -0.15) is 0 Å². The van der Waals surface area contributed by atoms with Crippen LogP contribution in [0.3, 0.4) is 0 Å². The van der Waals surface area contributed by atoms with E-state index in [1.807, 2.05) is 0 Å². The maximum absolute atomic E-state index is 6.47. The van der Waals surface area contributed by atoms with Crippen LogP contribution in [0.5, 0.6) is 0 Å². The largest absolute Gasteiger partial charge is 0.319 e. The third-order valence-electron chi connectivity index (χ3n) is 8.34. The van der Waals surface area contributed by atoms with Crippen molar-refractivity contribution in [2.24, 2.45) is 0 Å². The molecule has 8 aliphatic heterocycles. The predicted molar refractivity (Wildman–Crippen MR) is 120 cm³/mol. The van der Waals surface area contributed by atoms with E-state index in [0.29, 0.717) is 0 Å². The predicted octanol–water partition coefficient (Wildman–Crippen LogP) is 5.81. The molecule has 0 aromatic rings. The maximum atomic E-state index is 6.47. The summed E-state index contributed by atoms with van der Waals surface area (Å²) in [6, 6.07) is 0. The van der Waals surface area contributed by atoms with Gasteiger partial charge in [0, 0.05) is 36.0 Å². The number of rotatable bonds is 4. The Morgan fingerprint density at radius 2 is 0.774 bits per heavy atom. The van der Waals surface area contributed by atoms with Gasteiger partial charge in [0.2, 0.25) is 0 Å². The first-order chi connectivity index (χ1) is 14.0. The first-order valence-corrected chi connectivity index (χ1v) is 14.9. The molecule has 6 nitrogen and oxygen atoms in total. The van der Waals surface area contributed by atoms with Crippen LogP contribution in [0.1, 0.15) is 87.5 Å². The first-order valence-electron chi connectivity index (χ1n) is 11.8. The van der Waals surface area contributed by atoms with E-state index in [9.17, 15) is 0 Å². The standard InChI is InChI=1S/C23H38O6P2/c1-16-12-18(3)24-19(4,13-16)27-22(7,26-18)30(16)10-9-11-31-17(2)14-20(5)25-21(6,15-17)29-23(31,8)28-20/h9-15H2,1-8H3/t16?,17?,18-,19-,20-,21-,22?,23?,30?,31?/m0/s1. The Labute approximate surface area is 188 Å². The summed E-state index contributed by atoms with van der Waals surface area (Å²) < 4.78 is 38.3. The number of ether oxygens (including phenoxy) is 6. The molecule has 0 spiro atoms. The van der Waals surface area contributed by atoms with Crippen molar-refractivity contribution < 1.29 is 28.4 Å². The fourth-order valence-electron chi connectivity index (χ4n) is 8.74. The lowest BCUT2D eigenvalue weighted by atomic mass is 9.88. The molecule has 0 amide bonds. The van der Waals surface area contributed by atoms with Gasteiger partial charge in [-0.25, -0.2) is 0 Å². The Bertz CT molecular complexity index is 679. The smallest absolute Gasteiger partial charge is 0.190 e. The summed E-state index contributed by atoms with van der Waals surface area (Å²) in [6.07, 6.45) is 7.33. The molecule has 8 fully saturated rings. The molecule has 8 bridgehead atoms. The van der Waals surface area contributed by atoms with Crippen molar-refractivity contribution in [2.75, 3.05) is 12.3 Å². The van der Waals surface area contributed by atoms with Gasteiger partial charge < -0.3 is 28.4 Å². The zero-order valence-electron chi connectivity index (χ0n) is 20.3. The van der Waals surface area contributed by atoms with Crippen LogP contribution in [0.2, 0.25) is 0 Å². The average Bonchev–Trinajstić information content (AvgIpc) is 2.43. The Balaban J connectivity index is 1.20. The van der Waals surface area contributed by atoms with Gasteiger partial charge in [0.15, 0.2) is 34.2 Å². The molecule has 0 N–H and O–H groups in total. The van der Waals surface area contributed by atoms with Crippen LogP contribution in [0.15, 0.2) is 0 Å². The Kier molecular flexibility index (Phi) is 4.19. The summed E-state index contributed by atoms with van der Waals surface area (Å²) in [6.45, 7) is 17.6. The van der Waals surface area contributed by atoms with E-state index in [1.54, 1.807) is 0 Å². The number of hydrogen-bond acceptors (Lipinski definition) is 6. The van der Waals surface area contributed by atoms with Gasteiger partial charge in [-0.05, 0) is 76.1 Å². The minimum atomic E-state index is -0.521. The highest BCUT2D eigenvalue weighted by molar-refractivity contribution is 7.61. The van der Waals surface area contributed by atoms with Crippen molar-refractivity contribution in [3.63, 3.8) is 0 Å². The van der Waals surface area contributed by atoms with Crippen molar-refractivity contribution in [1.82, 2.24) is 0 Å². The summed E-state index contributed by atoms with van der Waals surface area (Å²) in [7, 11) is -0.898. The molecule has 0 aliphatic carbocycles. The Morgan fingerprint density at radius 3 is 1.03 bits per heavy atom. The van der Waals surface area contributed by atoms with Gasteiger partial charge in [-0.3, -0.25) is 0 Å². The number of hydrogen-bond donors (Lipinski definition) is 0. The highest BCUT2D eigenvalue weighted by atomic mass is 31.1. The van der Waals surface area contributed by atoms with Crippen molar-refractivity contribution in [3.05, 3.63) is 0 Å². The van der Waals surface area contributed by atoms with Gasteiger partial charge in [0.05, 0.1) is 0 Å². The quantitative estimate of drug-likeness (QED) is 0.481. The SMILES string of the molecule is CC12C[C@]3(C)OC(C)(O[C@@](C)(C1)O3)P2CCCP1C2(C)C[C@]3(C)OC1(C)O[C@@](C)(C2)O3. The monoisotopic (exact) mass is 472 g/mol. The van der Waals surface area contributed by atoms with Crippen LogP contribution in [-0.2, 0) is 28.4 Å². The molecule has 31 heavy (non-hydrogen) atoms. The van der Waals surface area contributed by atoms with Gasteiger partial charge >= 0.3 is 0 Å². The summed E-state index contributed by atoms with van der Waals surface area (Å²) >= 11 is 0. The second kappa shape index (κ2) is 5.88. The van der Waals surface area contributed by atoms with Gasteiger partial charge in [-0.1, -0.05) is 13.8 Å². The lowest BCUT2D eigenvalue weighted by Gasteiger charge is -2.70. The second-order valence-corrected chi connectivity index (χ2v) is 18.7. The topological polar surface area (TPSA) is 55.4 Å². The molecule has 0 aromatic heterocycles. The average molecular weight is 472 g/mol. The zero-order chi connectivity index (χ0) is 22.3. The van der Waals surface area contributed by atoms with Crippen LogP contribution in [0.25, 0.3) is 0 Å². The van der Waals surface area contributed by atoms with E-state index < -0.39 is 50.0 Å². The Morgan fingerprint density at radius 1 is 0.484 bits per heavy atom. The van der Waals surface area contributed by atoms with Crippen LogP contribution in [0, 0.1) is 0 Å². The molecule has 0 saturated carbocycles. The molecule has 8 rings (SSSR count). The van der Waals surface area contributed by atoms with E-state index in [1.165, 1.54) is 0 Å². The Hall–Kier alpha value is 0.620. The minimum absolute atomic E-state index is 0.231. The van der Waals surface area contributed by atoms with Crippen LogP contribution < -0.4 is 0 Å². The van der Waals surface area contributed by atoms with E-state index in [-0.39, 0.29) is 10.3 Å². The van der Waals surface area contributed by atoms with Crippen molar-refractivity contribution >= 4 is 15.8 Å². The van der Waals surface area contributed by atoms with Crippen LogP contribution in [0.4, 0.5) is 0 Å². The van der Waals surface area contributed by atoms with Gasteiger partial charge in [0.25, 0.3) is 0 Å². The van der Waals surface area contributed by atoms with E-state index in [0.717, 1.165) is 44.4 Å². The molecule has 2 unspecified atom stereocenters. The molecule has 8 heteroatoms. The summed E-state index contributed by atoms with van der Waals surface area (Å²) in [5.74, 6) is -2.08.